The molecule has 20 heavy (non-hydrogen) atoms. The lowest BCUT2D eigenvalue weighted by atomic mass is 9.92. The van der Waals surface area contributed by atoms with Gasteiger partial charge in [-0.3, -0.25) is 0 Å². The van der Waals surface area contributed by atoms with Crippen molar-refractivity contribution >= 4 is 49.4 Å². The van der Waals surface area contributed by atoms with E-state index in [1.807, 2.05) is 30.3 Å². The van der Waals surface area contributed by atoms with Crippen LogP contribution < -0.4 is 0 Å². The van der Waals surface area contributed by atoms with E-state index in [0.717, 1.165) is 20.6 Å². The molecule has 0 fully saturated rings. The number of cyclic esters (lactones) is 2. The maximum Gasteiger partial charge on any atom is 0.347 e. The molecule has 0 N–H and O–H groups in total. The summed E-state index contributed by atoms with van der Waals surface area (Å²) in [7, 11) is 0. The Morgan fingerprint density at radius 2 is 1.50 bits per heavy atom. The number of carbonyl (C=O) groups is 2. The molecule has 0 unspecified atom stereocenters. The maximum absolute atomic E-state index is 12.1. The SMILES string of the molecule is O=C1OC(=O)c2c3ccccc3c(Br)c3cccc1c23. The van der Waals surface area contributed by atoms with Gasteiger partial charge in [-0.05, 0) is 38.2 Å². The first-order valence-corrected chi connectivity index (χ1v) is 6.87. The molecule has 0 radical (unpaired) electrons. The van der Waals surface area contributed by atoms with E-state index >= 15 is 0 Å². The van der Waals surface area contributed by atoms with Crippen molar-refractivity contribution in [3.8, 4) is 0 Å². The fourth-order valence-corrected chi connectivity index (χ4v) is 3.43. The van der Waals surface area contributed by atoms with E-state index in [1.165, 1.54) is 0 Å². The van der Waals surface area contributed by atoms with E-state index in [-0.39, 0.29) is 0 Å². The van der Waals surface area contributed by atoms with Crippen molar-refractivity contribution in [2.24, 2.45) is 0 Å². The fourth-order valence-electron chi connectivity index (χ4n) is 2.75. The normalized spacial score (nSPS) is 13.8. The topological polar surface area (TPSA) is 43.4 Å². The molecule has 3 aromatic carbocycles. The quantitative estimate of drug-likeness (QED) is 0.355. The number of ether oxygens (including phenoxy) is 1. The van der Waals surface area contributed by atoms with Gasteiger partial charge in [-0.1, -0.05) is 36.4 Å². The Morgan fingerprint density at radius 3 is 2.30 bits per heavy atom. The number of fused-ring (bicyclic) bond motifs is 2. The average molecular weight is 327 g/mol. The summed E-state index contributed by atoms with van der Waals surface area (Å²) < 4.78 is 5.74. The van der Waals surface area contributed by atoms with E-state index in [4.69, 9.17) is 4.74 Å². The van der Waals surface area contributed by atoms with E-state index in [1.54, 1.807) is 12.1 Å². The van der Waals surface area contributed by atoms with Crippen molar-refractivity contribution in [3.63, 3.8) is 0 Å². The zero-order valence-corrected chi connectivity index (χ0v) is 11.7. The molecule has 96 valence electrons. The lowest BCUT2D eigenvalue weighted by Crippen LogP contribution is -2.20. The third-order valence-corrected chi connectivity index (χ3v) is 4.45. The largest absolute Gasteiger partial charge is 0.386 e. The van der Waals surface area contributed by atoms with E-state index in [0.29, 0.717) is 16.5 Å². The fraction of sp³-hybridized carbons (Fsp3) is 0. The van der Waals surface area contributed by atoms with Crippen LogP contribution in [0.3, 0.4) is 0 Å². The predicted molar refractivity (Wildman–Crippen MR) is 78.9 cm³/mol. The first-order valence-electron chi connectivity index (χ1n) is 6.08. The number of esters is 2. The van der Waals surface area contributed by atoms with Gasteiger partial charge in [-0.15, -0.1) is 0 Å². The molecule has 4 heteroatoms. The Balaban J connectivity index is 2.40. The summed E-state index contributed by atoms with van der Waals surface area (Å²) in [6.07, 6.45) is 0. The maximum atomic E-state index is 12.1. The van der Waals surface area contributed by atoms with Gasteiger partial charge in [0.05, 0.1) is 11.1 Å². The predicted octanol–water partition coefficient (Wildman–Crippen LogP) is 4.07. The first-order chi connectivity index (χ1) is 9.68. The summed E-state index contributed by atoms with van der Waals surface area (Å²) in [5, 5.41) is 3.23. The minimum Gasteiger partial charge on any atom is -0.386 e. The van der Waals surface area contributed by atoms with Crippen molar-refractivity contribution in [1.82, 2.24) is 0 Å². The van der Waals surface area contributed by atoms with E-state index < -0.39 is 11.9 Å². The van der Waals surface area contributed by atoms with Crippen LogP contribution >= 0.6 is 15.9 Å². The van der Waals surface area contributed by atoms with Crippen molar-refractivity contribution in [2.45, 2.75) is 0 Å². The van der Waals surface area contributed by atoms with Crippen molar-refractivity contribution < 1.29 is 14.3 Å². The van der Waals surface area contributed by atoms with Gasteiger partial charge in [0.1, 0.15) is 0 Å². The Morgan fingerprint density at radius 1 is 0.800 bits per heavy atom. The van der Waals surface area contributed by atoms with E-state index in [2.05, 4.69) is 15.9 Å². The van der Waals surface area contributed by atoms with Crippen molar-refractivity contribution in [1.29, 1.82) is 0 Å². The van der Waals surface area contributed by atoms with Gasteiger partial charge in [0.25, 0.3) is 0 Å². The Bertz CT molecular complexity index is 928. The summed E-state index contributed by atoms with van der Waals surface area (Å²) in [6, 6.07) is 12.9. The average Bonchev–Trinajstić information content (AvgIpc) is 2.46. The summed E-state index contributed by atoms with van der Waals surface area (Å²) in [4.78, 5) is 24.0. The number of hydrogen-bond acceptors (Lipinski definition) is 3. The second-order valence-electron chi connectivity index (χ2n) is 4.64. The van der Waals surface area contributed by atoms with Crippen LogP contribution in [0.5, 0.6) is 0 Å². The van der Waals surface area contributed by atoms with Crippen LogP contribution in [-0.4, -0.2) is 11.9 Å². The Hall–Kier alpha value is -2.20. The van der Waals surface area contributed by atoms with Gasteiger partial charge in [0, 0.05) is 9.86 Å². The highest BCUT2D eigenvalue weighted by Crippen LogP contribution is 2.40. The molecule has 0 atom stereocenters. The molecule has 0 saturated carbocycles. The van der Waals surface area contributed by atoms with E-state index in [9.17, 15) is 9.59 Å². The molecule has 1 aliphatic rings. The number of rotatable bonds is 0. The first kappa shape index (κ1) is 11.6. The molecule has 3 nitrogen and oxygen atoms in total. The van der Waals surface area contributed by atoms with Crippen LogP contribution in [0, 0.1) is 0 Å². The monoisotopic (exact) mass is 326 g/mol. The molecule has 0 amide bonds. The third kappa shape index (κ3) is 1.34. The standard InChI is InChI=1S/C16H7BrO3/c17-14-9-5-2-1-4-8(9)13-12-10(14)6-3-7-11(12)15(18)20-16(13)19/h1-7H. The highest BCUT2D eigenvalue weighted by atomic mass is 79.9. The minimum atomic E-state index is -0.588. The van der Waals surface area contributed by atoms with Crippen LogP contribution in [0.4, 0.5) is 0 Å². The van der Waals surface area contributed by atoms with Gasteiger partial charge in [-0.2, -0.15) is 0 Å². The van der Waals surface area contributed by atoms with Gasteiger partial charge in [0.2, 0.25) is 0 Å². The van der Waals surface area contributed by atoms with Crippen LogP contribution in [0.2, 0.25) is 0 Å². The summed E-state index contributed by atoms with van der Waals surface area (Å²) in [6.45, 7) is 0. The third-order valence-electron chi connectivity index (χ3n) is 3.59. The number of benzene rings is 3. The summed E-state index contributed by atoms with van der Waals surface area (Å²) in [5.74, 6) is -1.17. The van der Waals surface area contributed by atoms with Crippen LogP contribution in [0.25, 0.3) is 21.5 Å². The van der Waals surface area contributed by atoms with Gasteiger partial charge in [0.15, 0.2) is 0 Å². The highest BCUT2D eigenvalue weighted by molar-refractivity contribution is 9.10. The molecule has 0 bridgehead atoms. The molecule has 0 saturated heterocycles. The van der Waals surface area contributed by atoms with Crippen LogP contribution in [0.15, 0.2) is 46.9 Å². The number of carbonyl (C=O) groups excluding carboxylic acids is 2. The minimum absolute atomic E-state index is 0.434. The number of halogens is 1. The van der Waals surface area contributed by atoms with Crippen molar-refractivity contribution in [2.75, 3.05) is 0 Å². The molecule has 0 spiro atoms. The molecule has 1 aliphatic heterocycles. The second kappa shape index (κ2) is 3.90. The lowest BCUT2D eigenvalue weighted by Gasteiger charge is -2.18. The summed E-state index contributed by atoms with van der Waals surface area (Å²) in [5.41, 5.74) is 0.901. The van der Waals surface area contributed by atoms with Crippen molar-refractivity contribution in [3.05, 3.63) is 58.1 Å². The second-order valence-corrected chi connectivity index (χ2v) is 5.43. The number of hydrogen-bond donors (Lipinski definition) is 0. The molecule has 0 aliphatic carbocycles. The summed E-state index contributed by atoms with van der Waals surface area (Å²) >= 11 is 3.58. The molecule has 4 rings (SSSR count). The van der Waals surface area contributed by atoms with Crippen LogP contribution in [0.1, 0.15) is 20.7 Å². The van der Waals surface area contributed by atoms with Gasteiger partial charge < -0.3 is 4.74 Å². The molecular weight excluding hydrogens is 320 g/mol. The zero-order chi connectivity index (χ0) is 13.9. The lowest BCUT2D eigenvalue weighted by molar-refractivity contribution is 0.0393. The van der Waals surface area contributed by atoms with Crippen LogP contribution in [-0.2, 0) is 4.74 Å². The van der Waals surface area contributed by atoms with Gasteiger partial charge in [-0.25, -0.2) is 9.59 Å². The Labute approximate surface area is 122 Å². The highest BCUT2D eigenvalue weighted by Gasteiger charge is 2.30. The molecule has 1 heterocycles. The molecule has 3 aromatic rings. The smallest absolute Gasteiger partial charge is 0.347 e. The van der Waals surface area contributed by atoms with Gasteiger partial charge >= 0.3 is 11.9 Å². The molecular formula is C16H7BrO3. The zero-order valence-electron chi connectivity index (χ0n) is 10.1. The Kier molecular flexibility index (Phi) is 2.26. The molecule has 0 aromatic heterocycles.